The molecule has 0 bridgehead atoms. The van der Waals surface area contributed by atoms with Gasteiger partial charge in [-0.05, 0) is 36.6 Å². The van der Waals surface area contributed by atoms with Gasteiger partial charge in [0.1, 0.15) is 0 Å². The monoisotopic (exact) mass is 342 g/mol. The molecule has 3 aromatic rings. The van der Waals surface area contributed by atoms with Gasteiger partial charge in [-0.2, -0.15) is 4.98 Å². The van der Waals surface area contributed by atoms with Crippen molar-refractivity contribution in [1.29, 1.82) is 0 Å². The molecular weight excluding hydrogens is 328 g/mol. The molecule has 1 saturated heterocycles. The summed E-state index contributed by atoms with van der Waals surface area (Å²) in [7, 11) is 0. The summed E-state index contributed by atoms with van der Waals surface area (Å²) in [5.74, 6) is 1.38. The molecule has 122 valence electrons. The lowest BCUT2D eigenvalue weighted by Crippen LogP contribution is -2.35. The number of aromatic nitrogens is 4. The number of benzene rings is 1. The molecule has 24 heavy (non-hydrogen) atoms. The third-order valence-corrected chi connectivity index (χ3v) is 4.56. The smallest absolute Gasteiger partial charge is 0.240 e. The number of rotatable bonds is 3. The third kappa shape index (κ3) is 2.68. The van der Waals surface area contributed by atoms with Crippen LogP contribution in [0.1, 0.15) is 24.3 Å². The van der Waals surface area contributed by atoms with Crippen LogP contribution in [0.2, 0.25) is 5.02 Å². The van der Waals surface area contributed by atoms with E-state index in [-0.39, 0.29) is 0 Å². The predicted molar refractivity (Wildman–Crippen MR) is 87.6 cm³/mol. The Kier molecular flexibility index (Phi) is 4.00. The van der Waals surface area contributed by atoms with Gasteiger partial charge in [0.05, 0.1) is 5.41 Å². The molecule has 0 spiro atoms. The summed E-state index contributed by atoms with van der Waals surface area (Å²) >= 11 is 6.20. The van der Waals surface area contributed by atoms with Crippen LogP contribution < -0.4 is 0 Å². The van der Waals surface area contributed by atoms with Gasteiger partial charge in [-0.3, -0.25) is 0 Å². The molecule has 0 N–H and O–H groups in total. The topological polar surface area (TPSA) is 73.9 Å². The van der Waals surface area contributed by atoms with Gasteiger partial charge in [0.15, 0.2) is 0 Å². The minimum atomic E-state index is -0.400. The summed E-state index contributed by atoms with van der Waals surface area (Å²) < 4.78 is 11.2. The van der Waals surface area contributed by atoms with Crippen LogP contribution in [0.4, 0.5) is 0 Å². The fraction of sp³-hybridized carbons (Fsp3) is 0.294. The average molecular weight is 343 g/mol. The fourth-order valence-corrected chi connectivity index (χ4v) is 3.25. The zero-order chi connectivity index (χ0) is 16.4. The van der Waals surface area contributed by atoms with Crippen LogP contribution >= 0.6 is 11.6 Å². The van der Waals surface area contributed by atoms with Gasteiger partial charge < -0.3 is 9.26 Å². The van der Waals surface area contributed by atoms with E-state index in [9.17, 15) is 0 Å². The SMILES string of the molecule is Clc1cccc(C2(c3nc(-c4ncccn4)no3)CCOCC2)c1. The van der Waals surface area contributed by atoms with Crippen molar-refractivity contribution in [3.05, 3.63) is 59.2 Å². The predicted octanol–water partition coefficient (Wildman–Crippen LogP) is 3.28. The standard InChI is InChI=1S/C17H15ClN4O2/c18-13-4-1-3-12(11-13)17(5-9-23-10-6-17)16-21-15(22-24-16)14-19-7-2-8-20-14/h1-4,7-8,11H,5-6,9-10H2. The molecule has 1 aliphatic rings. The number of hydrogen-bond donors (Lipinski definition) is 0. The molecule has 0 saturated carbocycles. The largest absolute Gasteiger partial charge is 0.381 e. The van der Waals surface area contributed by atoms with E-state index in [4.69, 9.17) is 20.9 Å². The molecule has 0 radical (unpaired) electrons. The highest BCUT2D eigenvalue weighted by atomic mass is 35.5. The van der Waals surface area contributed by atoms with E-state index >= 15 is 0 Å². The molecule has 0 amide bonds. The number of ether oxygens (including phenoxy) is 1. The summed E-state index contributed by atoms with van der Waals surface area (Å²) in [6.45, 7) is 1.26. The van der Waals surface area contributed by atoms with Crippen LogP contribution in [0.5, 0.6) is 0 Å². The Morgan fingerprint density at radius 3 is 2.54 bits per heavy atom. The van der Waals surface area contributed by atoms with Crippen LogP contribution in [-0.2, 0) is 10.2 Å². The molecule has 1 fully saturated rings. The molecule has 0 unspecified atom stereocenters. The van der Waals surface area contributed by atoms with Crippen LogP contribution in [0.25, 0.3) is 11.6 Å². The maximum absolute atomic E-state index is 6.20. The molecule has 0 aliphatic carbocycles. The van der Waals surface area contributed by atoms with Gasteiger partial charge >= 0.3 is 0 Å². The maximum Gasteiger partial charge on any atom is 0.240 e. The molecule has 1 aliphatic heterocycles. The summed E-state index contributed by atoms with van der Waals surface area (Å²) in [5.41, 5.74) is 0.658. The van der Waals surface area contributed by atoms with Crippen LogP contribution in [0, 0.1) is 0 Å². The zero-order valence-corrected chi connectivity index (χ0v) is 13.6. The zero-order valence-electron chi connectivity index (χ0n) is 12.9. The van der Waals surface area contributed by atoms with E-state index in [1.165, 1.54) is 0 Å². The summed E-state index contributed by atoms with van der Waals surface area (Å²) in [4.78, 5) is 12.9. The van der Waals surface area contributed by atoms with Gasteiger partial charge in [0, 0.05) is 30.6 Å². The average Bonchev–Trinajstić information content (AvgIpc) is 3.14. The Hall–Kier alpha value is -2.31. The first-order chi connectivity index (χ1) is 11.8. The molecule has 2 aromatic heterocycles. The summed E-state index contributed by atoms with van der Waals surface area (Å²) in [5, 5.41) is 4.75. The maximum atomic E-state index is 6.20. The minimum Gasteiger partial charge on any atom is -0.381 e. The van der Waals surface area contributed by atoms with E-state index in [2.05, 4.69) is 20.1 Å². The van der Waals surface area contributed by atoms with Gasteiger partial charge in [-0.1, -0.05) is 28.9 Å². The Morgan fingerprint density at radius 1 is 1.00 bits per heavy atom. The second kappa shape index (κ2) is 6.30. The van der Waals surface area contributed by atoms with Gasteiger partial charge in [-0.15, -0.1) is 0 Å². The molecule has 6 nitrogen and oxygen atoms in total. The van der Waals surface area contributed by atoms with Crippen molar-refractivity contribution in [2.75, 3.05) is 13.2 Å². The second-order valence-corrected chi connectivity index (χ2v) is 6.14. The van der Waals surface area contributed by atoms with E-state index in [0.717, 1.165) is 18.4 Å². The number of nitrogens with zero attached hydrogens (tertiary/aromatic N) is 4. The van der Waals surface area contributed by atoms with Crippen LogP contribution in [0.3, 0.4) is 0 Å². The van der Waals surface area contributed by atoms with Crippen LogP contribution in [0.15, 0.2) is 47.2 Å². The number of hydrogen-bond acceptors (Lipinski definition) is 6. The lowest BCUT2D eigenvalue weighted by atomic mass is 9.74. The second-order valence-electron chi connectivity index (χ2n) is 5.70. The normalized spacial score (nSPS) is 16.9. The third-order valence-electron chi connectivity index (χ3n) is 4.32. The number of halogens is 1. The van der Waals surface area contributed by atoms with E-state index in [0.29, 0.717) is 35.8 Å². The molecule has 7 heteroatoms. The highest BCUT2D eigenvalue weighted by molar-refractivity contribution is 6.30. The first kappa shape index (κ1) is 15.2. The lowest BCUT2D eigenvalue weighted by molar-refractivity contribution is 0.0523. The van der Waals surface area contributed by atoms with E-state index in [1.54, 1.807) is 18.5 Å². The van der Waals surface area contributed by atoms with Crippen molar-refractivity contribution >= 4 is 11.6 Å². The van der Waals surface area contributed by atoms with Gasteiger partial charge in [0.2, 0.25) is 17.5 Å². The first-order valence-corrected chi connectivity index (χ1v) is 8.11. The first-order valence-electron chi connectivity index (χ1n) is 7.73. The molecule has 4 rings (SSSR count). The minimum absolute atomic E-state index is 0.387. The Balaban J connectivity index is 1.79. The van der Waals surface area contributed by atoms with Crippen molar-refractivity contribution in [2.24, 2.45) is 0 Å². The highest BCUT2D eigenvalue weighted by Gasteiger charge is 2.41. The van der Waals surface area contributed by atoms with Crippen molar-refractivity contribution < 1.29 is 9.26 Å². The van der Waals surface area contributed by atoms with Crippen LogP contribution in [-0.4, -0.2) is 33.3 Å². The Bertz CT molecular complexity index is 831. The highest BCUT2D eigenvalue weighted by Crippen LogP contribution is 2.41. The summed E-state index contributed by atoms with van der Waals surface area (Å²) in [6.07, 6.45) is 4.81. The molecule has 1 aromatic carbocycles. The van der Waals surface area contributed by atoms with E-state index < -0.39 is 5.41 Å². The lowest BCUT2D eigenvalue weighted by Gasteiger charge is -2.34. The molecule has 0 atom stereocenters. The molecular formula is C17H15ClN4O2. The van der Waals surface area contributed by atoms with Crippen molar-refractivity contribution in [2.45, 2.75) is 18.3 Å². The Morgan fingerprint density at radius 2 is 1.79 bits per heavy atom. The molecule has 3 heterocycles. The van der Waals surface area contributed by atoms with Gasteiger partial charge in [0.25, 0.3) is 0 Å². The van der Waals surface area contributed by atoms with Gasteiger partial charge in [-0.25, -0.2) is 9.97 Å². The summed E-state index contributed by atoms with van der Waals surface area (Å²) in [6, 6.07) is 9.54. The quantitative estimate of drug-likeness (QED) is 0.727. The van der Waals surface area contributed by atoms with Crippen molar-refractivity contribution in [1.82, 2.24) is 20.1 Å². The Labute approximate surface area is 143 Å². The van der Waals surface area contributed by atoms with E-state index in [1.807, 2.05) is 24.3 Å². The fourth-order valence-electron chi connectivity index (χ4n) is 3.06. The van der Waals surface area contributed by atoms with Crippen molar-refractivity contribution in [3.8, 4) is 11.6 Å². The van der Waals surface area contributed by atoms with Crippen molar-refractivity contribution in [3.63, 3.8) is 0 Å².